The zero-order valence-electron chi connectivity index (χ0n) is 11.9. The Kier molecular flexibility index (Phi) is 2.56. The highest BCUT2D eigenvalue weighted by atomic mass is 19.1. The highest BCUT2D eigenvalue weighted by Gasteiger charge is 2.50. The number of ether oxygens (including phenoxy) is 2. The molecule has 2 N–H and O–H groups in total. The van der Waals surface area contributed by atoms with Crippen molar-refractivity contribution in [2.75, 3.05) is 5.73 Å². The van der Waals surface area contributed by atoms with Crippen LogP contribution in [0, 0.1) is 5.82 Å². The van der Waals surface area contributed by atoms with Crippen LogP contribution in [0.1, 0.15) is 32.7 Å². The molecule has 3 atom stereocenters. The van der Waals surface area contributed by atoms with E-state index < -0.39 is 11.6 Å². The first-order valence-corrected chi connectivity index (χ1v) is 7.08. The van der Waals surface area contributed by atoms with Gasteiger partial charge in [-0.1, -0.05) is 0 Å². The van der Waals surface area contributed by atoms with E-state index in [9.17, 15) is 4.39 Å². The molecule has 2 aromatic rings. The van der Waals surface area contributed by atoms with Crippen LogP contribution in [0.4, 0.5) is 10.2 Å². The molecule has 0 amide bonds. The van der Waals surface area contributed by atoms with Gasteiger partial charge in [-0.25, -0.2) is 14.4 Å². The molecule has 7 heteroatoms. The van der Waals surface area contributed by atoms with E-state index in [0.717, 1.165) is 19.0 Å². The molecule has 4 rings (SSSR count). The lowest BCUT2D eigenvalue weighted by molar-refractivity contribution is -0.155. The number of nitrogens with two attached hydrogens (primary N) is 1. The number of halogens is 1. The lowest BCUT2D eigenvalue weighted by Crippen LogP contribution is -2.27. The quantitative estimate of drug-likeness (QED) is 0.870. The fourth-order valence-corrected chi connectivity index (χ4v) is 3.50. The molecule has 0 spiro atoms. The average Bonchev–Trinajstić information content (AvgIpc) is 3.05. The van der Waals surface area contributed by atoms with Gasteiger partial charge >= 0.3 is 0 Å². The first-order valence-electron chi connectivity index (χ1n) is 7.08. The van der Waals surface area contributed by atoms with Gasteiger partial charge in [0.2, 0.25) is 0 Å². The fraction of sp³-hybridized carbons (Fsp3) is 0.571. The molecule has 1 aliphatic heterocycles. The summed E-state index contributed by atoms with van der Waals surface area (Å²) in [6, 6.07) is 0.0349. The summed E-state index contributed by atoms with van der Waals surface area (Å²) in [5, 5.41) is 0. The second-order valence-electron chi connectivity index (χ2n) is 6.12. The average molecular weight is 292 g/mol. The maximum Gasteiger partial charge on any atom is 0.169 e. The van der Waals surface area contributed by atoms with Gasteiger partial charge in [0.1, 0.15) is 23.0 Å². The number of hydrogen-bond donors (Lipinski definition) is 1. The van der Waals surface area contributed by atoms with Crippen molar-refractivity contribution in [3.05, 3.63) is 18.3 Å². The number of anilines is 1. The lowest BCUT2D eigenvalue weighted by Gasteiger charge is -2.23. The Hall–Kier alpha value is -1.73. The van der Waals surface area contributed by atoms with Gasteiger partial charge in [0.05, 0.1) is 24.7 Å². The van der Waals surface area contributed by atoms with E-state index in [2.05, 4.69) is 9.97 Å². The molecule has 0 radical (unpaired) electrons. The lowest BCUT2D eigenvalue weighted by atomic mass is 10.2. The van der Waals surface area contributed by atoms with Crippen molar-refractivity contribution in [1.82, 2.24) is 14.5 Å². The number of rotatable bonds is 1. The molecular formula is C14H17FN4O2. The Labute approximate surface area is 121 Å². The first kappa shape index (κ1) is 13.0. The van der Waals surface area contributed by atoms with Crippen LogP contribution >= 0.6 is 0 Å². The van der Waals surface area contributed by atoms with Crippen LogP contribution in [0.2, 0.25) is 0 Å². The molecule has 0 unspecified atom stereocenters. The maximum absolute atomic E-state index is 13.8. The molecule has 0 bridgehead atoms. The molecule has 2 aliphatic rings. The number of hydrogen-bond acceptors (Lipinski definition) is 5. The van der Waals surface area contributed by atoms with Crippen LogP contribution in [0.25, 0.3) is 11.0 Å². The Morgan fingerprint density at radius 2 is 2.14 bits per heavy atom. The van der Waals surface area contributed by atoms with Gasteiger partial charge in [0.15, 0.2) is 11.6 Å². The van der Waals surface area contributed by atoms with Crippen LogP contribution < -0.4 is 5.73 Å². The molecule has 2 aromatic heterocycles. The summed E-state index contributed by atoms with van der Waals surface area (Å²) >= 11 is 0. The molecule has 21 heavy (non-hydrogen) atoms. The summed E-state index contributed by atoms with van der Waals surface area (Å²) in [6.45, 7) is 3.81. The van der Waals surface area contributed by atoms with E-state index in [1.165, 1.54) is 0 Å². The molecule has 112 valence electrons. The second-order valence-corrected chi connectivity index (χ2v) is 6.12. The smallest absolute Gasteiger partial charge is 0.169 e. The summed E-state index contributed by atoms with van der Waals surface area (Å²) in [5.41, 5.74) is 6.71. The third-order valence-electron chi connectivity index (χ3n) is 4.28. The minimum Gasteiger partial charge on any atom is -0.382 e. The topological polar surface area (TPSA) is 75.2 Å². The molecular weight excluding hydrogens is 275 g/mol. The summed E-state index contributed by atoms with van der Waals surface area (Å²) in [7, 11) is 0. The van der Waals surface area contributed by atoms with Crippen molar-refractivity contribution in [1.29, 1.82) is 0 Å². The summed E-state index contributed by atoms with van der Waals surface area (Å²) in [4.78, 5) is 8.04. The summed E-state index contributed by atoms with van der Waals surface area (Å²) < 4.78 is 27.6. The largest absolute Gasteiger partial charge is 0.382 e. The fourth-order valence-electron chi connectivity index (χ4n) is 3.50. The predicted molar refractivity (Wildman–Crippen MR) is 74.0 cm³/mol. The number of aromatic nitrogens is 3. The molecule has 0 aromatic carbocycles. The summed E-state index contributed by atoms with van der Waals surface area (Å²) in [5.74, 6) is -0.763. The first-order chi connectivity index (χ1) is 9.96. The Balaban J connectivity index is 1.80. The highest BCUT2D eigenvalue weighted by molar-refractivity contribution is 5.85. The van der Waals surface area contributed by atoms with Crippen molar-refractivity contribution in [2.24, 2.45) is 0 Å². The third-order valence-corrected chi connectivity index (χ3v) is 4.28. The zero-order chi connectivity index (χ0) is 14.8. The number of pyridine rings is 1. The van der Waals surface area contributed by atoms with E-state index in [-0.39, 0.29) is 29.6 Å². The monoisotopic (exact) mass is 292 g/mol. The Bertz CT molecular complexity index is 714. The molecule has 3 heterocycles. The third kappa shape index (κ3) is 1.84. The number of nitrogen functional groups attached to an aromatic ring is 1. The Morgan fingerprint density at radius 3 is 2.95 bits per heavy atom. The second kappa shape index (κ2) is 4.14. The number of nitrogens with zero attached hydrogens (tertiary/aromatic N) is 3. The van der Waals surface area contributed by atoms with Gasteiger partial charge in [-0.3, -0.25) is 0 Å². The van der Waals surface area contributed by atoms with Crippen LogP contribution in [-0.2, 0) is 9.47 Å². The van der Waals surface area contributed by atoms with Gasteiger partial charge in [-0.15, -0.1) is 0 Å². The van der Waals surface area contributed by atoms with Crippen molar-refractivity contribution in [3.8, 4) is 0 Å². The molecule has 1 aliphatic carbocycles. The molecule has 1 saturated heterocycles. The van der Waals surface area contributed by atoms with Gasteiger partial charge in [0.25, 0.3) is 0 Å². The number of fused-ring (bicyclic) bond motifs is 2. The van der Waals surface area contributed by atoms with E-state index in [4.69, 9.17) is 15.2 Å². The maximum atomic E-state index is 13.8. The van der Waals surface area contributed by atoms with Gasteiger partial charge in [0, 0.05) is 0 Å². The molecule has 2 fully saturated rings. The van der Waals surface area contributed by atoms with Gasteiger partial charge in [-0.05, 0) is 26.7 Å². The molecule has 6 nitrogen and oxygen atoms in total. The van der Waals surface area contributed by atoms with Crippen molar-refractivity contribution in [3.63, 3.8) is 0 Å². The highest BCUT2D eigenvalue weighted by Crippen LogP contribution is 2.44. The van der Waals surface area contributed by atoms with E-state index >= 15 is 0 Å². The standard InChI is InChI=1S/C14H17FN4O2/c1-14(2)20-9-4-3-8(12(9)21-14)19-6-18-10-7(15)5-17-13(16)11(10)19/h5-6,8-9,12H,3-4H2,1-2H3,(H2,16,17)/t8-,9-,12+/m1/s1. The minimum atomic E-state index is -0.584. The Morgan fingerprint density at radius 1 is 1.33 bits per heavy atom. The van der Waals surface area contributed by atoms with Crippen LogP contribution in [-0.4, -0.2) is 32.5 Å². The zero-order valence-corrected chi connectivity index (χ0v) is 11.9. The van der Waals surface area contributed by atoms with Gasteiger partial charge < -0.3 is 19.8 Å². The van der Waals surface area contributed by atoms with E-state index in [1.807, 2.05) is 18.4 Å². The van der Waals surface area contributed by atoms with Crippen LogP contribution in [0.15, 0.2) is 12.5 Å². The predicted octanol–water partition coefficient (Wildman–Crippen LogP) is 2.01. The molecule has 1 saturated carbocycles. The number of imidazole rings is 1. The van der Waals surface area contributed by atoms with E-state index in [0.29, 0.717) is 5.52 Å². The van der Waals surface area contributed by atoms with Crippen LogP contribution in [0.3, 0.4) is 0 Å². The normalized spacial score (nSPS) is 30.9. The van der Waals surface area contributed by atoms with E-state index in [1.54, 1.807) is 6.33 Å². The van der Waals surface area contributed by atoms with Gasteiger partial charge in [-0.2, -0.15) is 0 Å². The van der Waals surface area contributed by atoms with Crippen molar-refractivity contribution >= 4 is 16.9 Å². The summed E-state index contributed by atoms with van der Waals surface area (Å²) in [6.07, 6.45) is 4.50. The van der Waals surface area contributed by atoms with Crippen molar-refractivity contribution < 1.29 is 13.9 Å². The SMILES string of the molecule is CC1(C)O[C@H]2[C@H](n3cnc4c(F)cnc(N)c43)CC[C@H]2O1. The minimum absolute atomic E-state index is 0.0349. The van der Waals surface area contributed by atoms with Crippen molar-refractivity contribution in [2.45, 2.75) is 50.7 Å². The van der Waals surface area contributed by atoms with Crippen LogP contribution in [0.5, 0.6) is 0 Å².